The van der Waals surface area contributed by atoms with Gasteiger partial charge in [0.05, 0.1) is 6.61 Å². The van der Waals surface area contributed by atoms with Gasteiger partial charge in [0.15, 0.2) is 0 Å². The smallest absolute Gasteiger partial charge is 0.426 e. The van der Waals surface area contributed by atoms with Gasteiger partial charge in [0, 0.05) is 5.56 Å². The number of ether oxygens (including phenoxy) is 1. The van der Waals surface area contributed by atoms with E-state index >= 15 is 0 Å². The van der Waals surface area contributed by atoms with Gasteiger partial charge in [-0.1, -0.05) is 12.1 Å². The lowest BCUT2D eigenvalue weighted by molar-refractivity contribution is 0.0483. The van der Waals surface area contributed by atoms with E-state index in [9.17, 15) is 9.59 Å². The van der Waals surface area contributed by atoms with E-state index in [1.54, 1.807) is 45.0 Å². The Hall–Kier alpha value is -2.12. The van der Waals surface area contributed by atoms with Gasteiger partial charge >= 0.3 is 6.09 Å². The number of amides is 2. The highest BCUT2D eigenvalue weighted by Gasteiger charge is 2.16. The van der Waals surface area contributed by atoms with Crippen LogP contribution in [0.25, 0.3) is 0 Å². The molecular formula is C13H19N3O4. The molecule has 7 nitrogen and oxygen atoms in total. The van der Waals surface area contributed by atoms with Crippen LogP contribution in [0.1, 0.15) is 36.7 Å². The molecule has 20 heavy (non-hydrogen) atoms. The number of benzene rings is 1. The minimum Gasteiger partial charge on any atom is -0.443 e. The van der Waals surface area contributed by atoms with E-state index in [4.69, 9.17) is 10.6 Å². The first kappa shape index (κ1) is 15.9. The van der Waals surface area contributed by atoms with Crippen LogP contribution < -0.4 is 16.7 Å². The van der Waals surface area contributed by atoms with Gasteiger partial charge in [-0.25, -0.2) is 16.1 Å². The molecule has 0 aliphatic carbocycles. The molecule has 1 aromatic carbocycles. The van der Waals surface area contributed by atoms with Gasteiger partial charge in [-0.3, -0.25) is 15.1 Å². The second kappa shape index (κ2) is 6.88. The maximum atomic E-state index is 11.7. The Balaban J connectivity index is 2.48. The molecule has 0 aliphatic heterocycles. The van der Waals surface area contributed by atoms with E-state index < -0.39 is 17.6 Å². The van der Waals surface area contributed by atoms with Crippen LogP contribution in [0.15, 0.2) is 24.3 Å². The van der Waals surface area contributed by atoms with Crippen molar-refractivity contribution in [3.8, 4) is 0 Å². The Morgan fingerprint density at radius 2 is 1.75 bits per heavy atom. The number of nitrogens with two attached hydrogens (primary N) is 1. The topological polar surface area (TPSA) is 103 Å². The van der Waals surface area contributed by atoms with E-state index in [0.717, 1.165) is 5.56 Å². The number of hydrogen-bond donors (Lipinski definition) is 3. The van der Waals surface area contributed by atoms with Crippen molar-refractivity contribution < 1.29 is 19.2 Å². The number of hydrazine groups is 1. The molecule has 4 N–H and O–H groups in total. The van der Waals surface area contributed by atoms with Crippen LogP contribution in [0.5, 0.6) is 0 Å². The summed E-state index contributed by atoms with van der Waals surface area (Å²) in [6, 6.07) is 6.60. The molecule has 1 rings (SSSR count). The third kappa shape index (κ3) is 5.68. The summed E-state index contributed by atoms with van der Waals surface area (Å²) in [6.07, 6.45) is -0.723. The average Bonchev–Trinajstić information content (AvgIpc) is 2.35. The van der Waals surface area contributed by atoms with E-state index in [1.165, 1.54) is 0 Å². The molecule has 7 heteroatoms. The van der Waals surface area contributed by atoms with Crippen LogP contribution in [0.4, 0.5) is 4.79 Å². The van der Waals surface area contributed by atoms with Crippen LogP contribution in [0.2, 0.25) is 0 Å². The Morgan fingerprint density at radius 1 is 1.15 bits per heavy atom. The number of carbonyl (C=O) groups is 2. The van der Waals surface area contributed by atoms with Gasteiger partial charge in [0.1, 0.15) is 5.60 Å². The summed E-state index contributed by atoms with van der Waals surface area (Å²) >= 11 is 0. The highest BCUT2D eigenvalue weighted by Crippen LogP contribution is 2.07. The van der Waals surface area contributed by atoms with E-state index in [0.29, 0.717) is 5.56 Å². The molecule has 0 aromatic heterocycles. The zero-order valence-corrected chi connectivity index (χ0v) is 11.7. The lowest BCUT2D eigenvalue weighted by atomic mass is 10.1. The summed E-state index contributed by atoms with van der Waals surface area (Å²) in [7, 11) is 0. The molecule has 0 unspecified atom stereocenters. The Labute approximate surface area is 117 Å². The van der Waals surface area contributed by atoms with Crippen molar-refractivity contribution in [2.45, 2.75) is 33.0 Å². The Kier molecular flexibility index (Phi) is 5.48. The van der Waals surface area contributed by atoms with Crippen molar-refractivity contribution in [3.63, 3.8) is 0 Å². The fourth-order valence-corrected chi connectivity index (χ4v) is 1.33. The quantitative estimate of drug-likeness (QED) is 0.723. The predicted molar refractivity (Wildman–Crippen MR) is 72.3 cm³/mol. The van der Waals surface area contributed by atoms with Crippen LogP contribution in [0, 0.1) is 0 Å². The highest BCUT2D eigenvalue weighted by molar-refractivity contribution is 5.94. The lowest BCUT2D eigenvalue weighted by Gasteiger charge is -2.19. The SMILES string of the molecule is CC(C)(C)OC(=O)NNC(=O)c1ccc(CON)cc1. The van der Waals surface area contributed by atoms with Gasteiger partial charge in [0.2, 0.25) is 0 Å². The molecule has 0 heterocycles. The number of rotatable bonds is 3. The number of carbonyl (C=O) groups excluding carboxylic acids is 2. The van der Waals surface area contributed by atoms with Crippen molar-refractivity contribution in [2.24, 2.45) is 5.90 Å². The van der Waals surface area contributed by atoms with Gasteiger partial charge in [-0.2, -0.15) is 0 Å². The average molecular weight is 281 g/mol. The zero-order chi connectivity index (χ0) is 15.2. The third-order valence-corrected chi connectivity index (χ3v) is 2.14. The van der Waals surface area contributed by atoms with Crippen molar-refractivity contribution in [3.05, 3.63) is 35.4 Å². The summed E-state index contributed by atoms with van der Waals surface area (Å²) < 4.78 is 4.98. The van der Waals surface area contributed by atoms with Gasteiger partial charge in [-0.15, -0.1) is 0 Å². The van der Waals surface area contributed by atoms with Gasteiger partial charge in [0.25, 0.3) is 5.91 Å². The zero-order valence-electron chi connectivity index (χ0n) is 11.7. The molecule has 0 fully saturated rings. The van der Waals surface area contributed by atoms with Crippen LogP contribution in [-0.2, 0) is 16.2 Å². The fraction of sp³-hybridized carbons (Fsp3) is 0.385. The molecule has 0 aliphatic rings. The van der Waals surface area contributed by atoms with Crippen LogP contribution in [0.3, 0.4) is 0 Å². The number of nitrogens with one attached hydrogen (secondary N) is 2. The van der Waals surface area contributed by atoms with Crippen molar-refractivity contribution >= 4 is 12.0 Å². The summed E-state index contributed by atoms with van der Waals surface area (Å²) in [4.78, 5) is 27.6. The Bertz CT molecular complexity index is 465. The molecule has 0 saturated heterocycles. The second-order valence-corrected chi connectivity index (χ2v) is 5.09. The molecule has 0 saturated carbocycles. The molecule has 0 radical (unpaired) electrons. The van der Waals surface area contributed by atoms with E-state index in [2.05, 4.69) is 15.7 Å². The van der Waals surface area contributed by atoms with Crippen molar-refractivity contribution in [1.82, 2.24) is 10.9 Å². The summed E-state index contributed by atoms with van der Waals surface area (Å²) in [5, 5.41) is 0. The largest absolute Gasteiger partial charge is 0.443 e. The van der Waals surface area contributed by atoms with E-state index in [-0.39, 0.29) is 6.61 Å². The van der Waals surface area contributed by atoms with Crippen molar-refractivity contribution in [2.75, 3.05) is 0 Å². The first-order chi connectivity index (χ1) is 9.31. The standard InChI is InChI=1S/C13H19N3O4/c1-13(2,3)20-12(18)16-15-11(17)10-6-4-9(5-7-10)8-19-14/h4-7H,8,14H2,1-3H3,(H,15,17)(H,16,18). The summed E-state index contributed by atoms with van der Waals surface area (Å²) in [5.41, 5.74) is 5.03. The van der Waals surface area contributed by atoms with Crippen molar-refractivity contribution in [1.29, 1.82) is 0 Å². The molecule has 1 aromatic rings. The third-order valence-electron chi connectivity index (χ3n) is 2.14. The minimum absolute atomic E-state index is 0.262. The summed E-state index contributed by atoms with van der Waals surface area (Å²) in [5.74, 6) is 4.50. The minimum atomic E-state index is -0.723. The second-order valence-electron chi connectivity index (χ2n) is 5.09. The van der Waals surface area contributed by atoms with Crippen LogP contribution >= 0.6 is 0 Å². The van der Waals surface area contributed by atoms with Crippen LogP contribution in [-0.4, -0.2) is 17.6 Å². The molecule has 0 spiro atoms. The molecule has 2 amide bonds. The predicted octanol–water partition coefficient (Wildman–Crippen LogP) is 1.25. The fourth-order valence-electron chi connectivity index (χ4n) is 1.33. The Morgan fingerprint density at radius 3 is 2.25 bits per heavy atom. The molecular weight excluding hydrogens is 262 g/mol. The van der Waals surface area contributed by atoms with Gasteiger partial charge in [-0.05, 0) is 38.5 Å². The first-order valence-corrected chi connectivity index (χ1v) is 6.02. The van der Waals surface area contributed by atoms with Gasteiger partial charge < -0.3 is 4.74 Å². The normalized spacial score (nSPS) is 10.8. The molecule has 0 atom stereocenters. The monoisotopic (exact) mass is 281 g/mol. The lowest BCUT2D eigenvalue weighted by Crippen LogP contribution is -2.44. The van der Waals surface area contributed by atoms with E-state index in [1.807, 2.05) is 0 Å². The number of hydrogen-bond acceptors (Lipinski definition) is 5. The maximum Gasteiger partial charge on any atom is 0.426 e. The molecule has 110 valence electrons. The highest BCUT2D eigenvalue weighted by atomic mass is 16.6. The maximum absolute atomic E-state index is 11.7. The molecule has 0 bridgehead atoms. The first-order valence-electron chi connectivity index (χ1n) is 6.02. The summed E-state index contributed by atoms with van der Waals surface area (Å²) in [6.45, 7) is 5.45.